The molecule has 114 valence electrons. The van der Waals surface area contributed by atoms with E-state index in [1.807, 2.05) is 13.1 Å². The summed E-state index contributed by atoms with van der Waals surface area (Å²) in [4.78, 5) is 8.04. The van der Waals surface area contributed by atoms with E-state index in [2.05, 4.69) is 35.1 Å². The molecule has 0 radical (unpaired) electrons. The zero-order valence-electron chi connectivity index (χ0n) is 12.3. The maximum Gasteiger partial charge on any atom is 0.193 e. The average molecular weight is 428 g/mol. The second kappa shape index (κ2) is 7.84. The molecule has 0 aliphatic carbocycles. The predicted molar refractivity (Wildman–Crippen MR) is 99.8 cm³/mol. The van der Waals surface area contributed by atoms with E-state index in [0.29, 0.717) is 5.41 Å². The van der Waals surface area contributed by atoms with Crippen molar-refractivity contribution < 1.29 is 0 Å². The van der Waals surface area contributed by atoms with E-state index in [1.165, 1.54) is 11.3 Å². The van der Waals surface area contributed by atoms with E-state index in [9.17, 15) is 0 Å². The fraction of sp³-hybridized carbons (Fsp3) is 0.643. The summed E-state index contributed by atoms with van der Waals surface area (Å²) >= 11 is 7.58. The first-order chi connectivity index (χ1) is 9.00. The first kappa shape index (κ1) is 18.0. The summed E-state index contributed by atoms with van der Waals surface area (Å²) in [5, 5.41) is 3.45. The van der Waals surface area contributed by atoms with E-state index < -0.39 is 0 Å². The highest BCUT2D eigenvalue weighted by atomic mass is 127. The van der Waals surface area contributed by atoms with Gasteiger partial charge >= 0.3 is 0 Å². The van der Waals surface area contributed by atoms with Crippen molar-refractivity contribution in [3.05, 3.63) is 21.3 Å². The van der Waals surface area contributed by atoms with Gasteiger partial charge in [-0.25, -0.2) is 0 Å². The number of hydrogen-bond donors (Lipinski definition) is 1. The van der Waals surface area contributed by atoms with Crippen LogP contribution in [0.2, 0.25) is 4.34 Å². The lowest BCUT2D eigenvalue weighted by molar-refractivity contribution is 0.370. The largest absolute Gasteiger partial charge is 0.356 e. The minimum absolute atomic E-state index is 0. The average Bonchev–Trinajstić information content (AvgIpc) is 2.91. The number of rotatable bonds is 3. The van der Waals surface area contributed by atoms with Gasteiger partial charge in [0.05, 0.1) is 4.34 Å². The first-order valence-corrected chi connectivity index (χ1v) is 7.89. The van der Waals surface area contributed by atoms with Crippen LogP contribution in [0, 0.1) is 5.41 Å². The Morgan fingerprint density at radius 1 is 1.50 bits per heavy atom. The van der Waals surface area contributed by atoms with Gasteiger partial charge in [-0.3, -0.25) is 4.99 Å². The van der Waals surface area contributed by atoms with Crippen LogP contribution in [0.25, 0.3) is 0 Å². The minimum atomic E-state index is 0. The quantitative estimate of drug-likeness (QED) is 0.450. The summed E-state index contributed by atoms with van der Waals surface area (Å²) in [6.07, 6.45) is 2.22. The number of guanidine groups is 1. The molecule has 0 spiro atoms. The molecular formula is C14H23ClIN3S. The maximum absolute atomic E-state index is 5.93. The van der Waals surface area contributed by atoms with Gasteiger partial charge in [-0.2, -0.15) is 0 Å². The molecule has 1 fully saturated rings. The topological polar surface area (TPSA) is 27.6 Å². The second-order valence-corrected chi connectivity index (χ2v) is 7.57. The molecule has 1 aliphatic rings. The van der Waals surface area contributed by atoms with Crippen molar-refractivity contribution in [1.29, 1.82) is 0 Å². The number of hydrogen-bond acceptors (Lipinski definition) is 2. The lowest BCUT2D eigenvalue weighted by atomic mass is 9.93. The van der Waals surface area contributed by atoms with E-state index in [1.54, 1.807) is 11.3 Å². The molecule has 3 nitrogen and oxygen atoms in total. The molecular weight excluding hydrogens is 405 g/mol. The molecule has 0 aromatic carbocycles. The van der Waals surface area contributed by atoms with Crippen molar-refractivity contribution in [1.82, 2.24) is 10.2 Å². The van der Waals surface area contributed by atoms with Crippen LogP contribution in [0.3, 0.4) is 0 Å². The highest BCUT2D eigenvalue weighted by Crippen LogP contribution is 2.28. The molecule has 0 bridgehead atoms. The molecule has 6 heteroatoms. The van der Waals surface area contributed by atoms with Crippen molar-refractivity contribution in [2.24, 2.45) is 10.4 Å². The van der Waals surface area contributed by atoms with Gasteiger partial charge in [0.25, 0.3) is 0 Å². The lowest BCUT2D eigenvalue weighted by Gasteiger charge is -2.23. The molecule has 1 aromatic heterocycles. The van der Waals surface area contributed by atoms with Crippen LogP contribution in [0.4, 0.5) is 0 Å². The van der Waals surface area contributed by atoms with Crippen molar-refractivity contribution in [3.63, 3.8) is 0 Å². The Balaban J connectivity index is 0.00000200. The van der Waals surface area contributed by atoms with Crippen molar-refractivity contribution in [2.45, 2.75) is 26.7 Å². The van der Waals surface area contributed by atoms with Crippen LogP contribution in [-0.2, 0) is 6.42 Å². The smallest absolute Gasteiger partial charge is 0.193 e. The van der Waals surface area contributed by atoms with Crippen LogP contribution in [-0.4, -0.2) is 37.5 Å². The second-order valence-electron chi connectivity index (χ2n) is 5.77. The Kier molecular flexibility index (Phi) is 7.08. The SMILES string of the molecule is CN=C(NCCc1ccc(Cl)s1)N1CCC(C)(C)C1.I. The van der Waals surface area contributed by atoms with Gasteiger partial charge in [-0.1, -0.05) is 25.4 Å². The van der Waals surface area contributed by atoms with Crippen molar-refractivity contribution in [3.8, 4) is 0 Å². The molecule has 1 aromatic rings. The molecule has 0 amide bonds. The Morgan fingerprint density at radius 2 is 2.25 bits per heavy atom. The lowest BCUT2D eigenvalue weighted by Crippen LogP contribution is -2.41. The van der Waals surface area contributed by atoms with Crippen molar-refractivity contribution in [2.75, 3.05) is 26.7 Å². The molecule has 20 heavy (non-hydrogen) atoms. The van der Waals surface area contributed by atoms with Crippen LogP contribution in [0.15, 0.2) is 17.1 Å². The van der Waals surface area contributed by atoms with E-state index in [-0.39, 0.29) is 24.0 Å². The molecule has 1 saturated heterocycles. The zero-order valence-corrected chi connectivity index (χ0v) is 16.2. The third-order valence-corrected chi connectivity index (χ3v) is 4.76. The number of thiophene rings is 1. The molecule has 0 atom stereocenters. The van der Waals surface area contributed by atoms with E-state index in [0.717, 1.165) is 36.4 Å². The van der Waals surface area contributed by atoms with Crippen molar-refractivity contribution >= 4 is 52.9 Å². The summed E-state index contributed by atoms with van der Waals surface area (Å²) in [6, 6.07) is 4.05. The maximum atomic E-state index is 5.93. The minimum Gasteiger partial charge on any atom is -0.356 e. The van der Waals surface area contributed by atoms with Gasteiger partial charge in [-0.15, -0.1) is 35.3 Å². The number of nitrogens with zero attached hydrogens (tertiary/aromatic N) is 2. The number of likely N-dealkylation sites (tertiary alicyclic amines) is 1. The number of aliphatic imine (C=N–C) groups is 1. The van der Waals surface area contributed by atoms with Gasteiger partial charge < -0.3 is 10.2 Å². The van der Waals surface area contributed by atoms with Gasteiger partial charge in [0, 0.05) is 31.6 Å². The third kappa shape index (κ3) is 5.07. The van der Waals surface area contributed by atoms with E-state index >= 15 is 0 Å². The number of nitrogens with one attached hydrogen (secondary N) is 1. The molecule has 2 heterocycles. The van der Waals surface area contributed by atoms with Crippen LogP contribution in [0.1, 0.15) is 25.1 Å². The summed E-state index contributed by atoms with van der Waals surface area (Å²) < 4.78 is 0.862. The van der Waals surface area contributed by atoms with Gasteiger partial charge in [0.2, 0.25) is 0 Å². The summed E-state index contributed by atoms with van der Waals surface area (Å²) in [5.41, 5.74) is 0.402. The Labute approximate surface area is 147 Å². The zero-order chi connectivity index (χ0) is 13.9. The van der Waals surface area contributed by atoms with Crippen LogP contribution in [0.5, 0.6) is 0 Å². The standard InChI is InChI=1S/C14H22ClN3S.HI/c1-14(2)7-9-18(10-14)13(16-3)17-8-6-11-4-5-12(15)19-11;/h4-5H,6-10H2,1-3H3,(H,16,17);1H. The molecule has 0 saturated carbocycles. The molecule has 1 aliphatic heterocycles. The number of halogens is 2. The molecule has 1 N–H and O–H groups in total. The Hall–Kier alpha value is -0.0100. The third-order valence-electron chi connectivity index (χ3n) is 3.47. The fourth-order valence-corrected chi connectivity index (χ4v) is 3.50. The monoisotopic (exact) mass is 427 g/mol. The highest BCUT2D eigenvalue weighted by Gasteiger charge is 2.30. The first-order valence-electron chi connectivity index (χ1n) is 6.70. The summed E-state index contributed by atoms with van der Waals surface area (Å²) in [5.74, 6) is 1.02. The molecule has 2 rings (SSSR count). The van der Waals surface area contributed by atoms with Gasteiger partial charge in [0.1, 0.15) is 0 Å². The molecule has 0 unspecified atom stereocenters. The van der Waals surface area contributed by atoms with Crippen LogP contribution < -0.4 is 5.32 Å². The Bertz CT molecular complexity index is 459. The fourth-order valence-electron chi connectivity index (χ4n) is 2.41. The highest BCUT2D eigenvalue weighted by molar-refractivity contribution is 14.0. The summed E-state index contributed by atoms with van der Waals surface area (Å²) in [6.45, 7) is 7.71. The van der Waals surface area contributed by atoms with Gasteiger partial charge in [-0.05, 0) is 30.4 Å². The predicted octanol–water partition coefficient (Wildman–Crippen LogP) is 3.87. The van der Waals surface area contributed by atoms with Gasteiger partial charge in [0.15, 0.2) is 5.96 Å². The normalized spacial score (nSPS) is 18.0. The van der Waals surface area contributed by atoms with E-state index in [4.69, 9.17) is 11.6 Å². The Morgan fingerprint density at radius 3 is 2.75 bits per heavy atom. The van der Waals surface area contributed by atoms with Crippen LogP contribution >= 0.6 is 46.9 Å². The summed E-state index contributed by atoms with van der Waals surface area (Å²) in [7, 11) is 1.86.